The largest absolute Gasteiger partial charge is 0.350 e. The van der Waals surface area contributed by atoms with Gasteiger partial charge in [0.2, 0.25) is 0 Å². The standard InChI is InChI=1S/C18H28N2O2/c1-15-13-20(14-16-5-3-2-4-6-16)10-8-17(15)19-9-7-18-21-11-12-22-18/h2-6,15,17-19H,7-14H2,1H3/t15-,17-/m1/s1. The normalized spacial score (nSPS) is 27.3. The fourth-order valence-electron chi connectivity index (χ4n) is 3.48. The van der Waals surface area contributed by atoms with Crippen molar-refractivity contribution >= 4 is 0 Å². The number of nitrogens with one attached hydrogen (secondary N) is 1. The Hall–Kier alpha value is -0.940. The van der Waals surface area contributed by atoms with E-state index in [4.69, 9.17) is 9.47 Å². The molecule has 2 aliphatic rings. The maximum Gasteiger partial charge on any atom is 0.159 e. The van der Waals surface area contributed by atoms with Crippen LogP contribution in [0.5, 0.6) is 0 Å². The minimum Gasteiger partial charge on any atom is -0.350 e. The van der Waals surface area contributed by atoms with Crippen molar-refractivity contribution in [1.29, 1.82) is 0 Å². The number of ether oxygens (including phenoxy) is 2. The molecule has 3 rings (SSSR count). The molecule has 2 fully saturated rings. The molecule has 2 heterocycles. The van der Waals surface area contributed by atoms with Gasteiger partial charge < -0.3 is 14.8 Å². The average molecular weight is 304 g/mol. The third-order valence-corrected chi connectivity index (χ3v) is 4.72. The first kappa shape index (κ1) is 15.9. The summed E-state index contributed by atoms with van der Waals surface area (Å²) < 4.78 is 11.0. The van der Waals surface area contributed by atoms with E-state index in [-0.39, 0.29) is 6.29 Å². The van der Waals surface area contributed by atoms with Crippen molar-refractivity contribution in [3.8, 4) is 0 Å². The number of nitrogens with zero attached hydrogens (tertiary/aromatic N) is 1. The van der Waals surface area contributed by atoms with Gasteiger partial charge in [0.1, 0.15) is 0 Å². The second kappa shape index (κ2) is 8.06. The van der Waals surface area contributed by atoms with Gasteiger partial charge in [0.25, 0.3) is 0 Å². The fraction of sp³-hybridized carbons (Fsp3) is 0.667. The summed E-state index contributed by atoms with van der Waals surface area (Å²) in [4.78, 5) is 2.57. The van der Waals surface area contributed by atoms with Crippen molar-refractivity contribution in [2.75, 3.05) is 32.8 Å². The van der Waals surface area contributed by atoms with Crippen molar-refractivity contribution in [1.82, 2.24) is 10.2 Å². The van der Waals surface area contributed by atoms with Gasteiger partial charge in [0.15, 0.2) is 6.29 Å². The zero-order chi connectivity index (χ0) is 15.2. The Morgan fingerprint density at radius 2 is 1.95 bits per heavy atom. The minimum atomic E-state index is 0.0148. The van der Waals surface area contributed by atoms with Gasteiger partial charge >= 0.3 is 0 Å². The summed E-state index contributed by atoms with van der Waals surface area (Å²) in [6.45, 7) is 8.26. The van der Waals surface area contributed by atoms with Crippen LogP contribution in [0.25, 0.3) is 0 Å². The molecule has 4 nitrogen and oxygen atoms in total. The van der Waals surface area contributed by atoms with Gasteiger partial charge in [-0.05, 0) is 24.4 Å². The predicted octanol–water partition coefficient (Wildman–Crippen LogP) is 2.25. The van der Waals surface area contributed by atoms with Crippen molar-refractivity contribution in [3.05, 3.63) is 35.9 Å². The Labute approximate surface area is 133 Å². The number of hydrogen-bond acceptors (Lipinski definition) is 4. The number of rotatable bonds is 6. The third kappa shape index (κ3) is 4.53. The lowest BCUT2D eigenvalue weighted by atomic mass is 9.93. The van der Waals surface area contributed by atoms with Crippen LogP contribution in [0, 0.1) is 5.92 Å². The highest BCUT2D eigenvalue weighted by Gasteiger charge is 2.26. The first-order valence-electron chi connectivity index (χ1n) is 8.54. The van der Waals surface area contributed by atoms with E-state index < -0.39 is 0 Å². The van der Waals surface area contributed by atoms with Crippen LogP contribution in [0.4, 0.5) is 0 Å². The van der Waals surface area contributed by atoms with Gasteiger partial charge in [-0.2, -0.15) is 0 Å². The van der Waals surface area contributed by atoms with Gasteiger partial charge in [-0.15, -0.1) is 0 Å². The lowest BCUT2D eigenvalue weighted by molar-refractivity contribution is -0.0468. The number of likely N-dealkylation sites (tertiary alicyclic amines) is 1. The molecule has 1 aromatic carbocycles. The summed E-state index contributed by atoms with van der Waals surface area (Å²) in [6, 6.07) is 11.4. The molecular weight excluding hydrogens is 276 g/mol. The maximum absolute atomic E-state index is 5.48. The Morgan fingerprint density at radius 3 is 2.68 bits per heavy atom. The van der Waals surface area contributed by atoms with E-state index in [0.29, 0.717) is 12.0 Å². The van der Waals surface area contributed by atoms with E-state index in [1.807, 2.05) is 0 Å². The summed E-state index contributed by atoms with van der Waals surface area (Å²) in [6.07, 6.45) is 2.19. The third-order valence-electron chi connectivity index (χ3n) is 4.72. The summed E-state index contributed by atoms with van der Waals surface area (Å²) in [7, 11) is 0. The highest BCUT2D eigenvalue weighted by atomic mass is 16.7. The minimum absolute atomic E-state index is 0.0148. The number of piperidine rings is 1. The summed E-state index contributed by atoms with van der Waals surface area (Å²) in [5.41, 5.74) is 1.41. The monoisotopic (exact) mass is 304 g/mol. The van der Waals surface area contributed by atoms with E-state index in [1.165, 1.54) is 25.1 Å². The van der Waals surface area contributed by atoms with Gasteiger partial charge in [0, 0.05) is 32.1 Å². The molecule has 0 bridgehead atoms. The van der Waals surface area contributed by atoms with E-state index in [1.54, 1.807) is 0 Å². The van der Waals surface area contributed by atoms with Gasteiger partial charge in [0.05, 0.1) is 13.2 Å². The molecule has 0 aromatic heterocycles. The zero-order valence-corrected chi connectivity index (χ0v) is 13.5. The zero-order valence-electron chi connectivity index (χ0n) is 13.5. The predicted molar refractivity (Wildman–Crippen MR) is 87.6 cm³/mol. The van der Waals surface area contributed by atoms with Crippen LogP contribution in [0.15, 0.2) is 30.3 Å². The van der Waals surface area contributed by atoms with Crippen molar-refractivity contribution < 1.29 is 9.47 Å². The molecule has 0 radical (unpaired) electrons. The molecule has 2 aliphatic heterocycles. The average Bonchev–Trinajstić information content (AvgIpc) is 3.04. The quantitative estimate of drug-likeness (QED) is 0.874. The Morgan fingerprint density at radius 1 is 1.18 bits per heavy atom. The van der Waals surface area contributed by atoms with Crippen LogP contribution in [0.1, 0.15) is 25.3 Å². The molecule has 2 atom stereocenters. The molecule has 1 aromatic rings. The van der Waals surface area contributed by atoms with Gasteiger partial charge in [-0.1, -0.05) is 37.3 Å². The van der Waals surface area contributed by atoms with Crippen LogP contribution in [0.3, 0.4) is 0 Å². The lowest BCUT2D eigenvalue weighted by Crippen LogP contribution is -2.48. The van der Waals surface area contributed by atoms with Crippen molar-refractivity contribution in [2.24, 2.45) is 5.92 Å². The first-order chi connectivity index (χ1) is 10.8. The smallest absolute Gasteiger partial charge is 0.159 e. The summed E-state index contributed by atoms with van der Waals surface area (Å²) >= 11 is 0. The summed E-state index contributed by atoms with van der Waals surface area (Å²) in [5.74, 6) is 0.683. The Balaban J connectivity index is 1.38. The molecular formula is C18H28N2O2. The van der Waals surface area contributed by atoms with E-state index >= 15 is 0 Å². The Kier molecular flexibility index (Phi) is 5.84. The van der Waals surface area contributed by atoms with Crippen LogP contribution in [-0.2, 0) is 16.0 Å². The van der Waals surface area contributed by atoms with E-state index in [0.717, 1.165) is 32.7 Å². The number of benzene rings is 1. The highest BCUT2D eigenvalue weighted by Crippen LogP contribution is 2.19. The fourth-order valence-corrected chi connectivity index (χ4v) is 3.48. The molecule has 0 aliphatic carbocycles. The Bertz CT molecular complexity index is 434. The molecule has 0 amide bonds. The maximum atomic E-state index is 5.48. The van der Waals surface area contributed by atoms with Crippen LogP contribution >= 0.6 is 0 Å². The van der Waals surface area contributed by atoms with Crippen LogP contribution in [0.2, 0.25) is 0 Å². The van der Waals surface area contributed by atoms with Gasteiger partial charge in [-0.25, -0.2) is 0 Å². The molecule has 122 valence electrons. The topological polar surface area (TPSA) is 33.7 Å². The molecule has 2 saturated heterocycles. The van der Waals surface area contributed by atoms with Gasteiger partial charge in [-0.3, -0.25) is 4.90 Å². The second-order valence-electron chi connectivity index (χ2n) is 6.51. The van der Waals surface area contributed by atoms with Crippen LogP contribution < -0.4 is 5.32 Å². The highest BCUT2D eigenvalue weighted by molar-refractivity contribution is 5.14. The summed E-state index contributed by atoms with van der Waals surface area (Å²) in [5, 5.41) is 3.70. The molecule has 0 saturated carbocycles. The molecule has 22 heavy (non-hydrogen) atoms. The second-order valence-corrected chi connectivity index (χ2v) is 6.51. The first-order valence-corrected chi connectivity index (χ1v) is 8.54. The number of hydrogen-bond donors (Lipinski definition) is 1. The van der Waals surface area contributed by atoms with E-state index in [2.05, 4.69) is 47.5 Å². The lowest BCUT2D eigenvalue weighted by Gasteiger charge is -2.37. The molecule has 0 spiro atoms. The molecule has 4 heteroatoms. The molecule has 1 N–H and O–H groups in total. The SMILES string of the molecule is C[C@@H]1CN(Cc2ccccc2)CC[C@H]1NCCC1OCCO1. The molecule has 0 unspecified atom stereocenters. The van der Waals surface area contributed by atoms with Crippen molar-refractivity contribution in [3.63, 3.8) is 0 Å². The van der Waals surface area contributed by atoms with Crippen molar-refractivity contribution in [2.45, 2.75) is 38.6 Å². The van der Waals surface area contributed by atoms with Crippen LogP contribution in [-0.4, -0.2) is 50.1 Å². The van der Waals surface area contributed by atoms with E-state index in [9.17, 15) is 0 Å².